The van der Waals surface area contributed by atoms with Gasteiger partial charge in [-0.2, -0.15) is 0 Å². The van der Waals surface area contributed by atoms with E-state index in [-0.39, 0.29) is 24.5 Å². The maximum atomic E-state index is 12.7. The molecule has 0 saturated carbocycles. The van der Waals surface area contributed by atoms with E-state index in [2.05, 4.69) is 55.6 Å². The third-order valence-corrected chi connectivity index (χ3v) is 8.78. The monoisotopic (exact) mass is 674 g/mol. The minimum Gasteiger partial charge on any atom is -0.480 e. The molecule has 48 heavy (non-hydrogen) atoms. The van der Waals surface area contributed by atoms with Gasteiger partial charge in [0.1, 0.15) is 12.6 Å². The van der Waals surface area contributed by atoms with E-state index in [1.807, 2.05) is 0 Å². The van der Waals surface area contributed by atoms with Gasteiger partial charge in [-0.25, -0.2) is 0 Å². The van der Waals surface area contributed by atoms with E-state index < -0.39 is 5.97 Å². The Balaban J connectivity index is 4.28. The van der Waals surface area contributed by atoms with Crippen molar-refractivity contribution in [1.82, 2.24) is 5.32 Å². The maximum Gasteiger partial charge on any atom is 0.322 e. The molecule has 0 fully saturated rings. The minimum absolute atomic E-state index is 0.0194. The fourth-order valence-electron chi connectivity index (χ4n) is 5.78. The highest BCUT2D eigenvalue weighted by molar-refractivity contribution is 5.80. The highest BCUT2D eigenvalue weighted by Crippen LogP contribution is 2.17. The number of carboxylic acid groups (broad SMARTS) is 1. The second-order valence-electron chi connectivity index (χ2n) is 13.5. The molecule has 0 radical (unpaired) electrons. The van der Waals surface area contributed by atoms with Crippen LogP contribution in [0.25, 0.3) is 0 Å². The van der Waals surface area contributed by atoms with Crippen molar-refractivity contribution in [3.05, 3.63) is 36.5 Å². The number of carboxylic acids is 1. The highest BCUT2D eigenvalue weighted by atomic mass is 16.5. The fourth-order valence-corrected chi connectivity index (χ4v) is 5.78. The van der Waals surface area contributed by atoms with Crippen molar-refractivity contribution in [1.29, 1.82) is 0 Å². The third kappa shape index (κ3) is 36.5. The summed E-state index contributed by atoms with van der Waals surface area (Å²) >= 11 is 0. The van der Waals surface area contributed by atoms with Crippen LogP contribution in [-0.4, -0.2) is 35.6 Å². The number of ether oxygens (including phenoxy) is 1. The second kappa shape index (κ2) is 37.4. The summed E-state index contributed by atoms with van der Waals surface area (Å²) in [6.07, 6.45) is 45.4. The zero-order chi connectivity index (χ0) is 35.2. The predicted octanol–water partition coefficient (Wildman–Crippen LogP) is 12.1. The van der Waals surface area contributed by atoms with Crippen molar-refractivity contribution < 1.29 is 24.2 Å². The molecular weight excluding hydrogens is 598 g/mol. The number of amides is 1. The summed E-state index contributed by atoms with van der Waals surface area (Å²) in [7, 11) is 0. The molecule has 1 atom stereocenters. The molecule has 1 unspecified atom stereocenters. The summed E-state index contributed by atoms with van der Waals surface area (Å²) in [5, 5.41) is 11.1. The first-order valence-electron chi connectivity index (χ1n) is 20.1. The van der Waals surface area contributed by atoms with Crippen LogP contribution in [0.4, 0.5) is 0 Å². The molecular formula is C42H75NO5. The summed E-state index contributed by atoms with van der Waals surface area (Å²) < 4.78 is 5.99. The quantitative estimate of drug-likeness (QED) is 0.0392. The molecule has 0 heterocycles. The van der Waals surface area contributed by atoms with Crippen LogP contribution >= 0.6 is 0 Å². The summed E-state index contributed by atoms with van der Waals surface area (Å²) in [6, 6.07) is 0. The Labute approximate surface area is 296 Å². The molecule has 1 amide bonds. The number of esters is 1. The molecule has 6 nitrogen and oxygen atoms in total. The van der Waals surface area contributed by atoms with Crippen LogP contribution in [0, 0.1) is 0 Å². The van der Waals surface area contributed by atoms with Gasteiger partial charge >= 0.3 is 11.9 Å². The number of nitrogens with one attached hydrogen (secondary N) is 1. The molecule has 278 valence electrons. The number of allylic oxidation sites excluding steroid dienone is 6. The summed E-state index contributed by atoms with van der Waals surface area (Å²) in [5.74, 6) is -1.27. The van der Waals surface area contributed by atoms with Gasteiger partial charge in [0.15, 0.2) is 0 Å². The van der Waals surface area contributed by atoms with E-state index in [4.69, 9.17) is 9.84 Å². The van der Waals surface area contributed by atoms with Crippen molar-refractivity contribution in [3.8, 4) is 0 Å². The Morgan fingerprint density at radius 1 is 0.542 bits per heavy atom. The predicted molar refractivity (Wildman–Crippen MR) is 203 cm³/mol. The van der Waals surface area contributed by atoms with Gasteiger partial charge < -0.3 is 15.2 Å². The lowest BCUT2D eigenvalue weighted by molar-refractivity contribution is -0.150. The number of carbonyl (C=O) groups is 3. The Hall–Kier alpha value is -2.37. The molecule has 0 aromatic heterocycles. The molecule has 0 aromatic carbocycles. The fraction of sp³-hybridized carbons (Fsp3) is 0.786. The molecule has 0 aliphatic heterocycles. The molecule has 0 aromatic rings. The van der Waals surface area contributed by atoms with E-state index in [9.17, 15) is 14.4 Å². The Morgan fingerprint density at radius 2 is 0.979 bits per heavy atom. The van der Waals surface area contributed by atoms with Crippen molar-refractivity contribution in [2.24, 2.45) is 0 Å². The standard InChI is InChI=1S/C42H75NO5/c1-3-5-7-9-11-13-15-17-19-21-23-26-30-34-39(35-31-27-25-28-32-36-40(44)43-38-41(45)46)48-42(47)37-33-29-24-22-20-18-16-14-12-10-8-6-4-2/h14-17,21,23,39H,3-13,18-20,22,24-38H2,1-2H3,(H,43,44)(H,45,46)/b16-14-,17-15-,23-21-. The molecule has 2 N–H and O–H groups in total. The Bertz CT molecular complexity index is 834. The SMILES string of the molecule is CCCCCC/C=C\CCCCCCCC(=O)OC(CCC/C=C\C/C=C\CCCCCCC)CCCCCCCC(=O)NCC(=O)O. The lowest BCUT2D eigenvalue weighted by Gasteiger charge is -2.18. The van der Waals surface area contributed by atoms with Gasteiger partial charge in [-0.3, -0.25) is 14.4 Å². The first-order chi connectivity index (χ1) is 23.5. The molecule has 0 rings (SSSR count). The van der Waals surface area contributed by atoms with Crippen LogP contribution in [0.2, 0.25) is 0 Å². The van der Waals surface area contributed by atoms with Gasteiger partial charge in [-0.05, 0) is 89.9 Å². The molecule has 0 saturated heterocycles. The molecule has 0 bridgehead atoms. The van der Waals surface area contributed by atoms with Crippen LogP contribution < -0.4 is 5.32 Å². The molecule has 0 aliphatic rings. The summed E-state index contributed by atoms with van der Waals surface area (Å²) in [5.41, 5.74) is 0. The lowest BCUT2D eigenvalue weighted by atomic mass is 10.0. The third-order valence-electron chi connectivity index (χ3n) is 8.78. The maximum absolute atomic E-state index is 12.7. The highest BCUT2D eigenvalue weighted by Gasteiger charge is 2.14. The number of unbranched alkanes of at least 4 members (excludes halogenated alkanes) is 19. The number of hydrogen-bond donors (Lipinski definition) is 2. The summed E-state index contributed by atoms with van der Waals surface area (Å²) in [6.45, 7) is 4.19. The van der Waals surface area contributed by atoms with Crippen LogP contribution in [0.3, 0.4) is 0 Å². The topological polar surface area (TPSA) is 92.7 Å². The molecule has 6 heteroatoms. The zero-order valence-corrected chi connectivity index (χ0v) is 31.3. The minimum atomic E-state index is -1.02. The first-order valence-corrected chi connectivity index (χ1v) is 20.1. The van der Waals surface area contributed by atoms with Gasteiger partial charge in [-0.15, -0.1) is 0 Å². The normalized spacial score (nSPS) is 12.4. The largest absolute Gasteiger partial charge is 0.480 e. The Morgan fingerprint density at radius 3 is 1.56 bits per heavy atom. The van der Waals surface area contributed by atoms with Gasteiger partial charge in [0.05, 0.1) is 0 Å². The van der Waals surface area contributed by atoms with Gasteiger partial charge in [-0.1, -0.05) is 134 Å². The van der Waals surface area contributed by atoms with Crippen LogP contribution in [0.15, 0.2) is 36.5 Å². The zero-order valence-electron chi connectivity index (χ0n) is 31.3. The van der Waals surface area contributed by atoms with Gasteiger partial charge in [0.2, 0.25) is 5.91 Å². The van der Waals surface area contributed by atoms with E-state index >= 15 is 0 Å². The van der Waals surface area contributed by atoms with Gasteiger partial charge in [0, 0.05) is 12.8 Å². The van der Waals surface area contributed by atoms with Crippen molar-refractivity contribution in [2.45, 2.75) is 206 Å². The van der Waals surface area contributed by atoms with E-state index in [1.165, 1.54) is 96.3 Å². The molecule has 0 aliphatic carbocycles. The van der Waals surface area contributed by atoms with Crippen LogP contribution in [-0.2, 0) is 19.1 Å². The second-order valence-corrected chi connectivity index (χ2v) is 13.5. The van der Waals surface area contributed by atoms with E-state index in [0.29, 0.717) is 12.8 Å². The van der Waals surface area contributed by atoms with Crippen molar-refractivity contribution >= 4 is 17.8 Å². The van der Waals surface area contributed by atoms with Crippen LogP contribution in [0.5, 0.6) is 0 Å². The number of hydrogen-bond acceptors (Lipinski definition) is 4. The average Bonchev–Trinajstić information content (AvgIpc) is 3.07. The average molecular weight is 674 g/mol. The molecule has 0 spiro atoms. The number of rotatable bonds is 36. The lowest BCUT2D eigenvalue weighted by Crippen LogP contribution is -2.28. The van der Waals surface area contributed by atoms with Crippen LogP contribution in [0.1, 0.15) is 200 Å². The van der Waals surface area contributed by atoms with E-state index in [0.717, 1.165) is 77.0 Å². The smallest absolute Gasteiger partial charge is 0.322 e. The van der Waals surface area contributed by atoms with Gasteiger partial charge in [0.25, 0.3) is 0 Å². The number of aliphatic carboxylic acids is 1. The van der Waals surface area contributed by atoms with Crippen molar-refractivity contribution in [3.63, 3.8) is 0 Å². The summed E-state index contributed by atoms with van der Waals surface area (Å²) in [4.78, 5) is 34.9. The van der Waals surface area contributed by atoms with E-state index in [1.54, 1.807) is 0 Å². The first kappa shape index (κ1) is 45.6. The number of carbonyl (C=O) groups excluding carboxylic acids is 2. The Kier molecular flexibility index (Phi) is 35.6. The van der Waals surface area contributed by atoms with Crippen molar-refractivity contribution in [2.75, 3.05) is 6.54 Å².